The molecule has 2 aromatic rings. The van der Waals surface area contributed by atoms with Crippen LogP contribution in [0.15, 0.2) is 24.3 Å². The third kappa shape index (κ3) is 2.88. The summed E-state index contributed by atoms with van der Waals surface area (Å²) >= 11 is 1.38. The number of hydrogen-bond acceptors (Lipinski definition) is 4. The summed E-state index contributed by atoms with van der Waals surface area (Å²) in [5, 5.41) is 12.1. The highest BCUT2D eigenvalue weighted by Crippen LogP contribution is 2.26. The van der Waals surface area contributed by atoms with Crippen molar-refractivity contribution < 1.29 is 4.79 Å². The first-order chi connectivity index (χ1) is 8.19. The van der Waals surface area contributed by atoms with Crippen molar-refractivity contribution in [3.63, 3.8) is 0 Å². The summed E-state index contributed by atoms with van der Waals surface area (Å²) in [7, 11) is 0. The molecule has 0 aliphatic heterocycles. The highest BCUT2D eigenvalue weighted by Gasteiger charge is 2.08. The number of carbonyl (C=O) groups is 1. The van der Waals surface area contributed by atoms with E-state index < -0.39 is 0 Å². The molecule has 1 aromatic heterocycles. The van der Waals surface area contributed by atoms with Crippen molar-refractivity contribution in [2.24, 2.45) is 0 Å². The van der Waals surface area contributed by atoms with E-state index in [0.717, 1.165) is 10.6 Å². The molecule has 1 N–H and O–H groups in total. The van der Waals surface area contributed by atoms with Crippen LogP contribution in [-0.2, 0) is 4.79 Å². The number of nitrogens with zero attached hydrogens (tertiary/aromatic N) is 2. The normalized spacial score (nSPS) is 10.2. The van der Waals surface area contributed by atoms with Crippen LogP contribution in [-0.4, -0.2) is 16.1 Å². The number of anilines is 1. The van der Waals surface area contributed by atoms with Crippen molar-refractivity contribution in [2.45, 2.75) is 20.3 Å². The van der Waals surface area contributed by atoms with Crippen LogP contribution >= 0.6 is 11.3 Å². The van der Waals surface area contributed by atoms with Crippen LogP contribution < -0.4 is 5.32 Å². The van der Waals surface area contributed by atoms with Crippen molar-refractivity contribution in [2.75, 3.05) is 5.32 Å². The maximum atomic E-state index is 11.2. The SMILES string of the molecule is CCC(=O)Nc1nnc(-c2ccc(C)cc2)s1. The number of amides is 1. The molecule has 0 spiro atoms. The lowest BCUT2D eigenvalue weighted by atomic mass is 10.2. The summed E-state index contributed by atoms with van der Waals surface area (Å²) in [5.41, 5.74) is 2.22. The molecule has 2 rings (SSSR count). The van der Waals surface area contributed by atoms with E-state index in [-0.39, 0.29) is 5.91 Å². The Labute approximate surface area is 104 Å². The predicted octanol–water partition coefficient (Wildman–Crippen LogP) is 2.86. The predicted molar refractivity (Wildman–Crippen MR) is 69.0 cm³/mol. The molecule has 0 aliphatic rings. The van der Waals surface area contributed by atoms with Gasteiger partial charge in [0.2, 0.25) is 11.0 Å². The van der Waals surface area contributed by atoms with Gasteiger partial charge in [-0.2, -0.15) is 0 Å². The molecule has 4 nitrogen and oxygen atoms in total. The Balaban J connectivity index is 2.18. The molecule has 17 heavy (non-hydrogen) atoms. The zero-order valence-corrected chi connectivity index (χ0v) is 10.5. The van der Waals surface area contributed by atoms with Gasteiger partial charge in [-0.3, -0.25) is 4.79 Å². The van der Waals surface area contributed by atoms with E-state index in [4.69, 9.17) is 0 Å². The number of rotatable bonds is 3. The van der Waals surface area contributed by atoms with Crippen molar-refractivity contribution in [1.82, 2.24) is 10.2 Å². The monoisotopic (exact) mass is 247 g/mol. The molecule has 0 atom stereocenters. The van der Waals surface area contributed by atoms with Gasteiger partial charge < -0.3 is 5.32 Å². The molecule has 0 bridgehead atoms. The second kappa shape index (κ2) is 5.05. The van der Waals surface area contributed by atoms with E-state index in [1.54, 1.807) is 6.92 Å². The smallest absolute Gasteiger partial charge is 0.225 e. The van der Waals surface area contributed by atoms with Crippen molar-refractivity contribution in [1.29, 1.82) is 0 Å². The Morgan fingerprint density at radius 2 is 2.00 bits per heavy atom. The van der Waals surface area contributed by atoms with Crippen LogP contribution in [0, 0.1) is 6.92 Å². The summed E-state index contributed by atoms with van der Waals surface area (Å²) in [6, 6.07) is 8.06. The van der Waals surface area contributed by atoms with Crippen molar-refractivity contribution in [3.05, 3.63) is 29.8 Å². The van der Waals surface area contributed by atoms with Gasteiger partial charge in [0.25, 0.3) is 0 Å². The second-order valence-electron chi connectivity index (χ2n) is 3.68. The van der Waals surface area contributed by atoms with Crippen molar-refractivity contribution >= 4 is 22.4 Å². The first-order valence-corrected chi connectivity index (χ1v) is 6.21. The summed E-state index contributed by atoms with van der Waals surface area (Å²) in [5.74, 6) is -0.0448. The third-order valence-electron chi connectivity index (χ3n) is 2.29. The van der Waals surface area contributed by atoms with E-state index in [1.165, 1.54) is 16.9 Å². The number of hydrogen-bond donors (Lipinski definition) is 1. The maximum absolute atomic E-state index is 11.2. The molecule has 1 amide bonds. The van der Waals surface area contributed by atoms with Crippen LogP contribution in [0.4, 0.5) is 5.13 Å². The minimum atomic E-state index is -0.0448. The zero-order chi connectivity index (χ0) is 12.3. The lowest BCUT2D eigenvalue weighted by molar-refractivity contribution is -0.115. The fourth-order valence-corrected chi connectivity index (χ4v) is 2.06. The molecule has 0 aliphatic carbocycles. The van der Waals surface area contributed by atoms with Gasteiger partial charge >= 0.3 is 0 Å². The topological polar surface area (TPSA) is 54.9 Å². The number of benzene rings is 1. The molecule has 0 radical (unpaired) electrons. The third-order valence-corrected chi connectivity index (χ3v) is 3.18. The first kappa shape index (κ1) is 11.7. The highest BCUT2D eigenvalue weighted by molar-refractivity contribution is 7.18. The van der Waals surface area contributed by atoms with Gasteiger partial charge in [-0.25, -0.2) is 0 Å². The summed E-state index contributed by atoms with van der Waals surface area (Å²) in [4.78, 5) is 11.2. The van der Waals surface area contributed by atoms with Crippen LogP contribution in [0.5, 0.6) is 0 Å². The Kier molecular flexibility index (Phi) is 3.49. The summed E-state index contributed by atoms with van der Waals surface area (Å²) in [6.07, 6.45) is 0.444. The summed E-state index contributed by atoms with van der Waals surface area (Å²) < 4.78 is 0. The Hall–Kier alpha value is -1.75. The Bertz CT molecular complexity index is 519. The second-order valence-corrected chi connectivity index (χ2v) is 4.66. The van der Waals surface area contributed by atoms with E-state index >= 15 is 0 Å². The molecule has 0 saturated carbocycles. The van der Waals surface area contributed by atoms with Gasteiger partial charge in [0, 0.05) is 12.0 Å². The van der Waals surface area contributed by atoms with Gasteiger partial charge in [-0.1, -0.05) is 48.1 Å². The molecule has 0 unspecified atom stereocenters. The molecule has 88 valence electrons. The van der Waals surface area contributed by atoms with E-state index in [2.05, 4.69) is 15.5 Å². The quantitative estimate of drug-likeness (QED) is 0.907. The van der Waals surface area contributed by atoms with E-state index in [1.807, 2.05) is 31.2 Å². The Morgan fingerprint density at radius 1 is 1.29 bits per heavy atom. The van der Waals surface area contributed by atoms with Crippen molar-refractivity contribution in [3.8, 4) is 10.6 Å². The molecule has 5 heteroatoms. The van der Waals surface area contributed by atoms with Crippen LogP contribution in [0.2, 0.25) is 0 Å². The van der Waals surface area contributed by atoms with Crippen LogP contribution in [0.1, 0.15) is 18.9 Å². The lowest BCUT2D eigenvalue weighted by Crippen LogP contribution is -2.08. The number of nitrogens with one attached hydrogen (secondary N) is 1. The average Bonchev–Trinajstić information content (AvgIpc) is 2.78. The maximum Gasteiger partial charge on any atom is 0.225 e. The van der Waals surface area contributed by atoms with Gasteiger partial charge in [0.15, 0.2) is 0 Å². The van der Waals surface area contributed by atoms with Gasteiger partial charge in [0.05, 0.1) is 0 Å². The van der Waals surface area contributed by atoms with E-state index in [0.29, 0.717) is 11.6 Å². The molecule has 0 saturated heterocycles. The van der Waals surface area contributed by atoms with E-state index in [9.17, 15) is 4.79 Å². The minimum absolute atomic E-state index is 0.0448. The highest BCUT2D eigenvalue weighted by atomic mass is 32.1. The van der Waals surface area contributed by atoms with Crippen LogP contribution in [0.3, 0.4) is 0 Å². The fourth-order valence-electron chi connectivity index (χ4n) is 1.29. The molecule has 0 fully saturated rings. The molecular formula is C12H13N3OS. The largest absolute Gasteiger partial charge is 0.301 e. The molecule has 1 heterocycles. The zero-order valence-electron chi connectivity index (χ0n) is 9.73. The fraction of sp³-hybridized carbons (Fsp3) is 0.250. The average molecular weight is 247 g/mol. The number of aromatic nitrogens is 2. The minimum Gasteiger partial charge on any atom is -0.301 e. The molecular weight excluding hydrogens is 234 g/mol. The van der Waals surface area contributed by atoms with Gasteiger partial charge in [-0.15, -0.1) is 10.2 Å². The number of carbonyl (C=O) groups excluding carboxylic acids is 1. The van der Waals surface area contributed by atoms with Gasteiger partial charge in [-0.05, 0) is 6.92 Å². The standard InChI is InChI=1S/C12H13N3OS/c1-3-10(16)13-12-15-14-11(17-12)9-6-4-8(2)5-7-9/h4-7H,3H2,1-2H3,(H,13,15,16). The van der Waals surface area contributed by atoms with Crippen LogP contribution in [0.25, 0.3) is 10.6 Å². The Morgan fingerprint density at radius 3 is 2.65 bits per heavy atom. The molecule has 1 aromatic carbocycles. The summed E-state index contributed by atoms with van der Waals surface area (Å²) in [6.45, 7) is 3.84. The van der Waals surface area contributed by atoms with Gasteiger partial charge in [0.1, 0.15) is 5.01 Å². The lowest BCUT2D eigenvalue weighted by Gasteiger charge is -1.96. The number of aryl methyl sites for hydroxylation is 1. The first-order valence-electron chi connectivity index (χ1n) is 5.39.